The van der Waals surface area contributed by atoms with Crippen molar-refractivity contribution in [2.75, 3.05) is 81.1 Å². The van der Waals surface area contributed by atoms with Crippen molar-refractivity contribution in [3.63, 3.8) is 0 Å². The van der Waals surface area contributed by atoms with Gasteiger partial charge in [-0.3, -0.25) is 19.7 Å². The van der Waals surface area contributed by atoms with Crippen LogP contribution in [0.15, 0.2) is 46.5 Å². The van der Waals surface area contributed by atoms with Crippen LogP contribution in [0.3, 0.4) is 0 Å². The highest BCUT2D eigenvalue weighted by atomic mass is 32.2. The van der Waals surface area contributed by atoms with Crippen LogP contribution in [0.4, 0.5) is 23.1 Å². The van der Waals surface area contributed by atoms with Gasteiger partial charge in [0.2, 0.25) is 5.91 Å². The van der Waals surface area contributed by atoms with Crippen LogP contribution in [0, 0.1) is 6.92 Å². The van der Waals surface area contributed by atoms with E-state index < -0.39 is 0 Å². The van der Waals surface area contributed by atoms with Gasteiger partial charge < -0.3 is 20.3 Å². The Morgan fingerprint density at radius 1 is 0.974 bits per heavy atom. The highest BCUT2D eigenvalue weighted by molar-refractivity contribution is 7.99. The van der Waals surface area contributed by atoms with Gasteiger partial charge in [0, 0.05) is 87.2 Å². The monoisotopic (exact) mass is 551 g/mol. The molecule has 0 aliphatic carbocycles. The number of carbonyl (C=O) groups excluding carboxylic acids is 1. The fraction of sp³-hybridized carbons (Fsp3) is 0.481. The Balaban J connectivity index is 1.26. The molecular weight excluding hydrogens is 514 g/mol. The summed E-state index contributed by atoms with van der Waals surface area (Å²) in [4.78, 5) is 29.8. The summed E-state index contributed by atoms with van der Waals surface area (Å²) in [6, 6.07) is 11.7. The molecule has 12 heteroatoms. The molecule has 0 spiro atoms. The number of nitrogens with one attached hydrogen (secondary N) is 3. The summed E-state index contributed by atoms with van der Waals surface area (Å²) in [5, 5.41) is 14.1. The molecule has 1 amide bonds. The SMILES string of the molecule is CCC(=O)Nc1ccc(Sc2nc(Nc3cc(C)[nH]n3)cc(N3CCN(CCN4CCOCC4)CC3)n2)cc1. The lowest BCUT2D eigenvalue weighted by atomic mass is 10.3. The van der Waals surface area contributed by atoms with Gasteiger partial charge in [0.15, 0.2) is 11.0 Å². The molecule has 2 fully saturated rings. The zero-order chi connectivity index (χ0) is 27.0. The summed E-state index contributed by atoms with van der Waals surface area (Å²) in [6.07, 6.45) is 0.449. The molecule has 1 aromatic carbocycles. The molecule has 2 aliphatic rings. The number of aromatic amines is 1. The molecule has 39 heavy (non-hydrogen) atoms. The summed E-state index contributed by atoms with van der Waals surface area (Å²) in [6.45, 7) is 13.6. The number of carbonyl (C=O) groups is 1. The van der Waals surface area contributed by atoms with E-state index in [0.29, 0.717) is 17.4 Å². The maximum absolute atomic E-state index is 11.7. The number of hydrogen-bond donors (Lipinski definition) is 3. The molecule has 3 aromatic rings. The molecule has 3 N–H and O–H groups in total. The van der Waals surface area contributed by atoms with Gasteiger partial charge in [-0.25, -0.2) is 9.97 Å². The summed E-state index contributed by atoms with van der Waals surface area (Å²) >= 11 is 1.50. The first-order valence-corrected chi connectivity index (χ1v) is 14.4. The average molecular weight is 552 g/mol. The minimum absolute atomic E-state index is 0.00282. The second-order valence-electron chi connectivity index (χ2n) is 9.77. The van der Waals surface area contributed by atoms with Gasteiger partial charge in [0.25, 0.3) is 0 Å². The molecule has 2 saturated heterocycles. The normalized spacial score (nSPS) is 16.8. The maximum atomic E-state index is 11.7. The topological polar surface area (TPSA) is 115 Å². The smallest absolute Gasteiger partial charge is 0.224 e. The second kappa shape index (κ2) is 13.2. The molecule has 0 atom stereocenters. The number of hydrogen-bond acceptors (Lipinski definition) is 10. The van der Waals surface area contributed by atoms with Gasteiger partial charge in [-0.2, -0.15) is 5.10 Å². The van der Waals surface area contributed by atoms with Crippen molar-refractivity contribution in [2.45, 2.75) is 30.3 Å². The van der Waals surface area contributed by atoms with E-state index in [1.165, 1.54) is 11.8 Å². The molecule has 0 unspecified atom stereocenters. The Kier molecular flexibility index (Phi) is 9.30. The second-order valence-corrected chi connectivity index (χ2v) is 10.8. The Morgan fingerprint density at radius 3 is 2.36 bits per heavy atom. The average Bonchev–Trinajstić information content (AvgIpc) is 3.37. The summed E-state index contributed by atoms with van der Waals surface area (Å²) in [7, 11) is 0. The van der Waals surface area contributed by atoms with E-state index in [9.17, 15) is 4.79 Å². The molecule has 0 bridgehead atoms. The van der Waals surface area contributed by atoms with E-state index in [-0.39, 0.29) is 5.91 Å². The Hall–Kier alpha value is -3.19. The van der Waals surface area contributed by atoms with Crippen LogP contribution in [0.5, 0.6) is 0 Å². The number of aromatic nitrogens is 4. The fourth-order valence-electron chi connectivity index (χ4n) is 4.57. The number of benzene rings is 1. The van der Waals surface area contributed by atoms with Crippen molar-refractivity contribution in [1.82, 2.24) is 30.0 Å². The van der Waals surface area contributed by atoms with Crippen LogP contribution in [0.2, 0.25) is 0 Å². The highest BCUT2D eigenvalue weighted by Gasteiger charge is 2.21. The van der Waals surface area contributed by atoms with Gasteiger partial charge >= 0.3 is 0 Å². The molecule has 2 aromatic heterocycles. The Labute approximate surface area is 233 Å². The molecule has 5 rings (SSSR count). The van der Waals surface area contributed by atoms with Crippen molar-refractivity contribution < 1.29 is 9.53 Å². The number of rotatable bonds is 10. The van der Waals surface area contributed by atoms with Gasteiger partial charge in [0.05, 0.1) is 13.2 Å². The van der Waals surface area contributed by atoms with Crippen molar-refractivity contribution in [1.29, 1.82) is 0 Å². The van der Waals surface area contributed by atoms with Crippen LogP contribution in [0.1, 0.15) is 19.0 Å². The molecule has 11 nitrogen and oxygen atoms in total. The maximum Gasteiger partial charge on any atom is 0.224 e. The molecule has 208 valence electrons. The quantitative estimate of drug-likeness (QED) is 0.325. The van der Waals surface area contributed by atoms with Crippen molar-refractivity contribution >= 4 is 40.8 Å². The number of morpholine rings is 1. The van der Waals surface area contributed by atoms with Gasteiger partial charge in [-0.15, -0.1) is 0 Å². The van der Waals surface area contributed by atoms with Crippen molar-refractivity contribution in [3.05, 3.63) is 42.1 Å². The van der Waals surface area contributed by atoms with E-state index in [0.717, 1.165) is 93.5 Å². The third-order valence-corrected chi connectivity index (χ3v) is 7.73. The highest BCUT2D eigenvalue weighted by Crippen LogP contribution is 2.30. The number of piperazine rings is 1. The lowest BCUT2D eigenvalue weighted by Crippen LogP contribution is -2.49. The number of H-pyrrole nitrogens is 1. The summed E-state index contributed by atoms with van der Waals surface area (Å²) in [5.41, 5.74) is 1.76. The largest absolute Gasteiger partial charge is 0.379 e. The van der Waals surface area contributed by atoms with Gasteiger partial charge in [0.1, 0.15) is 11.6 Å². The first-order valence-electron chi connectivity index (χ1n) is 13.6. The third-order valence-electron chi connectivity index (χ3n) is 6.85. The van der Waals surface area contributed by atoms with Gasteiger partial charge in [-0.05, 0) is 43.0 Å². The van der Waals surface area contributed by atoms with Crippen LogP contribution < -0.4 is 15.5 Å². The number of ether oxygens (including phenoxy) is 1. The van der Waals surface area contributed by atoms with Crippen molar-refractivity contribution in [3.8, 4) is 0 Å². The van der Waals surface area contributed by atoms with Gasteiger partial charge in [-0.1, -0.05) is 6.92 Å². The number of amides is 1. The zero-order valence-electron chi connectivity index (χ0n) is 22.7. The van der Waals surface area contributed by atoms with E-state index in [1.54, 1.807) is 0 Å². The standard InChI is InChI=1S/C27H37N9O2S/c1-3-26(37)28-21-4-6-22(7-5-21)39-27-30-23(29-24-18-20(2)32-33-24)19-25(31-27)36-12-10-34(11-13-36)8-9-35-14-16-38-17-15-35/h4-7,18-19H,3,8-17H2,1-2H3,(H,28,37)(H2,29,30,31,32,33). The van der Waals surface area contributed by atoms with E-state index in [1.807, 2.05) is 50.2 Å². The molecule has 0 saturated carbocycles. The molecule has 0 radical (unpaired) electrons. The van der Waals surface area contributed by atoms with E-state index in [4.69, 9.17) is 14.7 Å². The lowest BCUT2D eigenvalue weighted by molar-refractivity contribution is -0.115. The Morgan fingerprint density at radius 2 is 1.69 bits per heavy atom. The first-order chi connectivity index (χ1) is 19.0. The number of anilines is 4. The summed E-state index contributed by atoms with van der Waals surface area (Å²) in [5.74, 6) is 2.33. The first kappa shape index (κ1) is 27.4. The minimum Gasteiger partial charge on any atom is -0.379 e. The predicted molar refractivity (Wildman–Crippen MR) is 154 cm³/mol. The number of nitrogens with zero attached hydrogens (tertiary/aromatic N) is 6. The third kappa shape index (κ3) is 7.91. The lowest BCUT2D eigenvalue weighted by Gasteiger charge is -2.37. The van der Waals surface area contributed by atoms with E-state index in [2.05, 4.69) is 35.5 Å². The molecule has 4 heterocycles. The predicted octanol–water partition coefficient (Wildman–Crippen LogP) is 3.21. The Bertz CT molecular complexity index is 1220. The summed E-state index contributed by atoms with van der Waals surface area (Å²) < 4.78 is 5.47. The van der Waals surface area contributed by atoms with Crippen LogP contribution in [-0.2, 0) is 9.53 Å². The fourth-order valence-corrected chi connectivity index (χ4v) is 5.33. The van der Waals surface area contributed by atoms with Crippen LogP contribution in [0.25, 0.3) is 0 Å². The molecular formula is C27H37N9O2S. The minimum atomic E-state index is -0.00282. The van der Waals surface area contributed by atoms with Crippen LogP contribution in [-0.4, -0.2) is 101 Å². The van der Waals surface area contributed by atoms with Crippen LogP contribution >= 0.6 is 11.8 Å². The van der Waals surface area contributed by atoms with Crippen molar-refractivity contribution in [2.24, 2.45) is 0 Å². The van der Waals surface area contributed by atoms with E-state index >= 15 is 0 Å². The molecule has 2 aliphatic heterocycles. The number of aryl methyl sites for hydroxylation is 1. The zero-order valence-corrected chi connectivity index (χ0v) is 23.5.